The molecular formula is C21H21FN4O4. The molecule has 3 rings (SSSR count). The van der Waals surface area contributed by atoms with Crippen LogP contribution >= 0.6 is 0 Å². The fourth-order valence-electron chi connectivity index (χ4n) is 2.60. The Labute approximate surface area is 172 Å². The zero-order valence-corrected chi connectivity index (χ0v) is 16.0. The predicted octanol–water partition coefficient (Wildman–Crippen LogP) is 2.17. The number of amides is 1. The van der Waals surface area contributed by atoms with Crippen molar-refractivity contribution >= 4 is 5.91 Å². The summed E-state index contributed by atoms with van der Waals surface area (Å²) in [4.78, 5) is 20.1. The van der Waals surface area contributed by atoms with E-state index in [0.717, 1.165) is 5.56 Å². The number of carbonyl (C=O) groups excluding carboxylic acids is 1. The molecule has 0 saturated carbocycles. The van der Waals surface area contributed by atoms with Gasteiger partial charge in [0.05, 0.1) is 19.3 Å². The standard InChI is InChI=1S/C21H21FN4O4/c22-15-8-6-13(7-9-15)10-24-20(28)17-18(27)21(29)26-19(25-17)16(23)12-30-11-14-4-2-1-3-5-14/h1-9,16,27H,10-12,23H2,(H,24,28)(H,25,26,29). The number of nitrogens with zero attached hydrogens (tertiary/aromatic N) is 2. The Morgan fingerprint density at radius 3 is 2.47 bits per heavy atom. The Balaban J connectivity index is 1.64. The minimum Gasteiger partial charge on any atom is -0.501 e. The molecule has 1 aromatic heterocycles. The van der Waals surface area contributed by atoms with Crippen molar-refractivity contribution in [1.82, 2.24) is 15.3 Å². The Kier molecular flexibility index (Phi) is 6.89. The quantitative estimate of drug-likeness (QED) is 0.446. The molecule has 0 spiro atoms. The van der Waals surface area contributed by atoms with E-state index in [1.807, 2.05) is 30.3 Å². The summed E-state index contributed by atoms with van der Waals surface area (Å²) in [5.41, 5.74) is 7.20. The Hall–Kier alpha value is -3.56. The summed E-state index contributed by atoms with van der Waals surface area (Å²) >= 11 is 0. The van der Waals surface area contributed by atoms with Crippen LogP contribution < -0.4 is 11.1 Å². The van der Waals surface area contributed by atoms with Crippen molar-refractivity contribution in [2.24, 2.45) is 5.73 Å². The second-order valence-corrected chi connectivity index (χ2v) is 6.52. The molecule has 1 heterocycles. The number of aromatic hydroxyl groups is 2. The van der Waals surface area contributed by atoms with Crippen LogP contribution in [-0.2, 0) is 17.9 Å². The molecule has 0 bridgehead atoms. The van der Waals surface area contributed by atoms with E-state index < -0.39 is 35.1 Å². The van der Waals surface area contributed by atoms with Crippen LogP contribution in [0.15, 0.2) is 54.6 Å². The third-order valence-corrected chi connectivity index (χ3v) is 4.20. The molecule has 1 atom stereocenters. The van der Waals surface area contributed by atoms with E-state index in [4.69, 9.17) is 10.5 Å². The van der Waals surface area contributed by atoms with Crippen molar-refractivity contribution in [3.8, 4) is 11.6 Å². The molecular weight excluding hydrogens is 391 g/mol. The van der Waals surface area contributed by atoms with Crippen molar-refractivity contribution in [2.45, 2.75) is 19.2 Å². The molecule has 0 aliphatic carbocycles. The van der Waals surface area contributed by atoms with Gasteiger partial charge in [-0.2, -0.15) is 4.98 Å². The van der Waals surface area contributed by atoms with E-state index >= 15 is 0 Å². The lowest BCUT2D eigenvalue weighted by Gasteiger charge is -2.14. The Bertz CT molecular complexity index is 1000. The van der Waals surface area contributed by atoms with E-state index in [-0.39, 0.29) is 19.0 Å². The molecule has 2 aromatic carbocycles. The van der Waals surface area contributed by atoms with E-state index in [1.165, 1.54) is 24.3 Å². The molecule has 0 radical (unpaired) electrons. The average Bonchev–Trinajstić information content (AvgIpc) is 2.75. The van der Waals surface area contributed by atoms with Crippen molar-refractivity contribution < 1.29 is 24.1 Å². The van der Waals surface area contributed by atoms with Crippen LogP contribution in [0.5, 0.6) is 11.6 Å². The van der Waals surface area contributed by atoms with Gasteiger partial charge in [-0.05, 0) is 23.3 Å². The first-order valence-electron chi connectivity index (χ1n) is 9.14. The van der Waals surface area contributed by atoms with E-state index in [0.29, 0.717) is 12.2 Å². The van der Waals surface area contributed by atoms with Crippen molar-refractivity contribution in [2.75, 3.05) is 6.61 Å². The Morgan fingerprint density at radius 2 is 1.77 bits per heavy atom. The van der Waals surface area contributed by atoms with Crippen LogP contribution in [0.1, 0.15) is 33.5 Å². The number of halogens is 1. The van der Waals surface area contributed by atoms with Crippen LogP contribution in [0.25, 0.3) is 0 Å². The fourth-order valence-corrected chi connectivity index (χ4v) is 2.60. The van der Waals surface area contributed by atoms with E-state index in [2.05, 4.69) is 15.3 Å². The highest BCUT2D eigenvalue weighted by atomic mass is 19.1. The summed E-state index contributed by atoms with van der Waals surface area (Å²) < 4.78 is 18.5. The van der Waals surface area contributed by atoms with E-state index in [1.54, 1.807) is 0 Å². The van der Waals surface area contributed by atoms with Gasteiger partial charge in [-0.1, -0.05) is 42.5 Å². The largest absolute Gasteiger partial charge is 0.501 e. The minimum atomic E-state index is -0.830. The second kappa shape index (κ2) is 9.77. The van der Waals surface area contributed by atoms with Gasteiger partial charge in [0.25, 0.3) is 11.8 Å². The minimum absolute atomic E-state index is 0.0374. The van der Waals surface area contributed by atoms with Crippen molar-refractivity contribution in [3.63, 3.8) is 0 Å². The normalized spacial score (nSPS) is 11.8. The fraction of sp³-hybridized carbons (Fsp3) is 0.190. The summed E-state index contributed by atoms with van der Waals surface area (Å²) in [6.07, 6.45) is 0. The number of nitrogens with one attached hydrogen (secondary N) is 1. The number of hydrogen-bond donors (Lipinski definition) is 4. The number of nitrogens with two attached hydrogens (primary N) is 1. The predicted molar refractivity (Wildman–Crippen MR) is 106 cm³/mol. The van der Waals surface area contributed by atoms with Crippen LogP contribution in [0.3, 0.4) is 0 Å². The summed E-state index contributed by atoms with van der Waals surface area (Å²) in [5.74, 6) is -2.70. The number of aromatic nitrogens is 2. The SMILES string of the molecule is NC(COCc1ccccc1)c1nc(O)c(O)c(C(=O)NCc2ccc(F)cc2)n1. The lowest BCUT2D eigenvalue weighted by atomic mass is 10.2. The first-order valence-corrected chi connectivity index (χ1v) is 9.14. The molecule has 0 saturated heterocycles. The lowest BCUT2D eigenvalue weighted by molar-refractivity contribution is 0.0937. The summed E-state index contributed by atoms with van der Waals surface area (Å²) in [5, 5.41) is 22.4. The highest BCUT2D eigenvalue weighted by molar-refractivity contribution is 5.95. The molecule has 3 aromatic rings. The number of carbonyl (C=O) groups is 1. The maximum atomic E-state index is 13.0. The highest BCUT2D eigenvalue weighted by Crippen LogP contribution is 2.26. The molecule has 1 unspecified atom stereocenters. The van der Waals surface area contributed by atoms with Gasteiger partial charge in [0.1, 0.15) is 5.82 Å². The zero-order valence-electron chi connectivity index (χ0n) is 16.0. The smallest absolute Gasteiger partial charge is 0.274 e. The lowest BCUT2D eigenvalue weighted by Crippen LogP contribution is -2.26. The maximum absolute atomic E-state index is 13.0. The first kappa shape index (κ1) is 21.2. The van der Waals surface area contributed by atoms with Crippen molar-refractivity contribution in [3.05, 3.63) is 83.1 Å². The molecule has 8 nitrogen and oxygen atoms in total. The molecule has 0 aliphatic heterocycles. The maximum Gasteiger partial charge on any atom is 0.274 e. The van der Waals surface area contributed by atoms with Crippen LogP contribution in [-0.4, -0.2) is 32.7 Å². The van der Waals surface area contributed by atoms with Gasteiger partial charge in [0.2, 0.25) is 5.75 Å². The average molecular weight is 412 g/mol. The van der Waals surface area contributed by atoms with Gasteiger partial charge in [-0.25, -0.2) is 9.37 Å². The van der Waals surface area contributed by atoms with Gasteiger partial charge >= 0.3 is 0 Å². The molecule has 1 amide bonds. The summed E-state index contributed by atoms with van der Waals surface area (Å²) in [6.45, 7) is 0.435. The first-order chi connectivity index (χ1) is 14.4. The molecule has 0 fully saturated rings. The summed E-state index contributed by atoms with van der Waals surface area (Å²) in [6, 6.07) is 14.2. The molecule has 0 aliphatic rings. The molecule has 9 heteroatoms. The second-order valence-electron chi connectivity index (χ2n) is 6.52. The van der Waals surface area contributed by atoms with Gasteiger partial charge in [-0.15, -0.1) is 0 Å². The Morgan fingerprint density at radius 1 is 1.07 bits per heavy atom. The number of benzene rings is 2. The van der Waals surface area contributed by atoms with Gasteiger partial charge in [0.15, 0.2) is 11.5 Å². The van der Waals surface area contributed by atoms with Crippen LogP contribution in [0, 0.1) is 5.82 Å². The monoisotopic (exact) mass is 412 g/mol. The van der Waals surface area contributed by atoms with Gasteiger partial charge < -0.3 is 26.0 Å². The molecule has 5 N–H and O–H groups in total. The van der Waals surface area contributed by atoms with Crippen LogP contribution in [0.2, 0.25) is 0 Å². The van der Waals surface area contributed by atoms with Gasteiger partial charge in [-0.3, -0.25) is 4.79 Å². The topological polar surface area (TPSA) is 131 Å². The van der Waals surface area contributed by atoms with E-state index in [9.17, 15) is 19.4 Å². The molecule has 156 valence electrons. The van der Waals surface area contributed by atoms with Gasteiger partial charge in [0, 0.05) is 6.54 Å². The van der Waals surface area contributed by atoms with Crippen LogP contribution in [0.4, 0.5) is 4.39 Å². The number of ether oxygens (including phenoxy) is 1. The molecule has 30 heavy (non-hydrogen) atoms. The number of rotatable bonds is 8. The highest BCUT2D eigenvalue weighted by Gasteiger charge is 2.22. The zero-order chi connectivity index (χ0) is 21.5. The third kappa shape index (κ3) is 5.49. The summed E-state index contributed by atoms with van der Waals surface area (Å²) in [7, 11) is 0. The third-order valence-electron chi connectivity index (χ3n) is 4.20. The van der Waals surface area contributed by atoms with Crippen molar-refractivity contribution in [1.29, 1.82) is 0 Å². The number of hydrogen-bond acceptors (Lipinski definition) is 7.